The van der Waals surface area contributed by atoms with Crippen molar-refractivity contribution in [3.63, 3.8) is 0 Å². The monoisotopic (exact) mass is 446 g/mol. The molecule has 0 saturated carbocycles. The van der Waals surface area contributed by atoms with E-state index in [1.807, 2.05) is 6.07 Å². The first kappa shape index (κ1) is 20.6. The number of carbonyl (C=O) groups is 1. The zero-order valence-corrected chi connectivity index (χ0v) is 15.8. The van der Waals surface area contributed by atoms with E-state index in [0.29, 0.717) is 0 Å². The van der Waals surface area contributed by atoms with Crippen molar-refractivity contribution in [1.82, 2.24) is 0 Å². The summed E-state index contributed by atoms with van der Waals surface area (Å²) in [6, 6.07) is 5.48. The van der Waals surface area contributed by atoms with E-state index in [2.05, 4.69) is 20.7 Å². The quantitative estimate of drug-likeness (QED) is 0.702. The van der Waals surface area contributed by atoms with Gasteiger partial charge in [-0.2, -0.15) is 5.26 Å². The molecule has 1 aliphatic rings. The maximum absolute atomic E-state index is 12.6. The first-order valence-corrected chi connectivity index (χ1v) is 8.38. The summed E-state index contributed by atoms with van der Waals surface area (Å²) >= 11 is 3.11. The Morgan fingerprint density at radius 2 is 2.07 bits per heavy atom. The van der Waals surface area contributed by atoms with Gasteiger partial charge in [-0.15, -0.1) is 13.2 Å². The predicted octanol–water partition coefficient (Wildman–Crippen LogP) is 3.99. The van der Waals surface area contributed by atoms with Crippen LogP contribution in [0.1, 0.15) is 25.3 Å². The molecule has 2 rings (SSSR count). The second kappa shape index (κ2) is 7.92. The zero-order chi connectivity index (χ0) is 20.4. The molecule has 0 bridgehead atoms. The van der Waals surface area contributed by atoms with Gasteiger partial charge >= 0.3 is 12.3 Å². The summed E-state index contributed by atoms with van der Waals surface area (Å²) in [5, 5.41) is 9.47. The molecule has 0 saturated heterocycles. The number of benzene rings is 1. The third kappa shape index (κ3) is 4.74. The van der Waals surface area contributed by atoms with E-state index in [4.69, 9.17) is 15.2 Å². The van der Waals surface area contributed by atoms with Gasteiger partial charge in [-0.1, -0.05) is 15.9 Å². The predicted molar refractivity (Wildman–Crippen MR) is 90.8 cm³/mol. The summed E-state index contributed by atoms with van der Waals surface area (Å²) in [5.41, 5.74) is 5.77. The van der Waals surface area contributed by atoms with Crippen LogP contribution in [0.15, 0.2) is 45.5 Å². The number of allylic oxidation sites excluding steroid dienone is 2. The highest BCUT2D eigenvalue weighted by Gasteiger charge is 2.37. The van der Waals surface area contributed by atoms with E-state index < -0.39 is 24.0 Å². The van der Waals surface area contributed by atoms with Crippen LogP contribution in [0.2, 0.25) is 0 Å². The summed E-state index contributed by atoms with van der Waals surface area (Å²) in [7, 11) is 0. The summed E-state index contributed by atoms with van der Waals surface area (Å²) < 4.78 is 52.3. The molecule has 1 atom stereocenters. The number of hydrogen-bond donors (Lipinski definition) is 1. The van der Waals surface area contributed by atoms with Gasteiger partial charge in [0.2, 0.25) is 5.88 Å². The molecule has 0 aromatic heterocycles. The molecular weight excluding hydrogens is 433 g/mol. The molecule has 0 spiro atoms. The Balaban J connectivity index is 2.64. The largest absolute Gasteiger partial charge is 0.573 e. The maximum Gasteiger partial charge on any atom is 0.573 e. The van der Waals surface area contributed by atoms with E-state index in [0.717, 1.165) is 12.1 Å². The van der Waals surface area contributed by atoms with Crippen LogP contribution in [0.5, 0.6) is 5.75 Å². The van der Waals surface area contributed by atoms with E-state index in [9.17, 15) is 23.2 Å². The smallest absolute Gasteiger partial charge is 0.463 e. The van der Waals surface area contributed by atoms with Crippen molar-refractivity contribution >= 4 is 21.9 Å². The van der Waals surface area contributed by atoms with E-state index in [1.54, 1.807) is 6.92 Å². The Morgan fingerprint density at radius 1 is 1.41 bits per heavy atom. The van der Waals surface area contributed by atoms with Gasteiger partial charge in [-0.3, -0.25) is 0 Å². The number of halogens is 4. The fraction of sp³-hybridized carbons (Fsp3) is 0.294. The summed E-state index contributed by atoms with van der Waals surface area (Å²) in [6.07, 6.45) is -4.91. The van der Waals surface area contributed by atoms with Crippen molar-refractivity contribution < 1.29 is 32.2 Å². The number of hydrogen-bond acceptors (Lipinski definition) is 6. The second-order valence-electron chi connectivity index (χ2n) is 5.38. The lowest BCUT2D eigenvalue weighted by Gasteiger charge is -2.27. The molecular formula is C17H14BrF3N2O4. The molecule has 0 radical (unpaired) electrons. The molecule has 1 heterocycles. The van der Waals surface area contributed by atoms with Crippen molar-refractivity contribution in [1.29, 1.82) is 5.26 Å². The number of nitriles is 1. The average molecular weight is 447 g/mol. The molecule has 27 heavy (non-hydrogen) atoms. The first-order valence-electron chi connectivity index (χ1n) is 7.59. The SMILES string of the molecule is CCOC(=O)C1=C(C)OC(N)=C(C#N)C1c1cc(Br)cc(OC(F)(F)F)c1. The Morgan fingerprint density at radius 3 is 2.63 bits per heavy atom. The Hall–Kier alpha value is -2.67. The standard InChI is InChI=1S/C17H14BrF3N2O4/c1-3-25-16(24)13-8(2)26-15(23)12(7-22)14(13)9-4-10(18)6-11(5-9)27-17(19,20)21/h4-6,14H,3,23H2,1-2H3. The average Bonchev–Trinajstić information content (AvgIpc) is 2.52. The van der Waals surface area contributed by atoms with Crippen molar-refractivity contribution in [2.75, 3.05) is 6.61 Å². The van der Waals surface area contributed by atoms with Gasteiger partial charge in [0.25, 0.3) is 0 Å². The van der Waals surface area contributed by atoms with Gasteiger partial charge < -0.3 is 19.9 Å². The molecule has 1 aromatic rings. The van der Waals surface area contributed by atoms with Gasteiger partial charge in [0.15, 0.2) is 0 Å². The normalized spacial score (nSPS) is 17.3. The van der Waals surface area contributed by atoms with Crippen LogP contribution in [-0.2, 0) is 14.3 Å². The first-order chi connectivity index (χ1) is 12.6. The minimum Gasteiger partial charge on any atom is -0.463 e. The highest BCUT2D eigenvalue weighted by molar-refractivity contribution is 9.10. The Bertz CT molecular complexity index is 872. The van der Waals surface area contributed by atoms with Crippen LogP contribution in [-0.4, -0.2) is 18.9 Å². The molecule has 2 N–H and O–H groups in total. The van der Waals surface area contributed by atoms with Gasteiger partial charge in [0.1, 0.15) is 23.2 Å². The third-order valence-electron chi connectivity index (χ3n) is 3.56. The minimum atomic E-state index is -4.91. The molecule has 6 nitrogen and oxygen atoms in total. The second-order valence-corrected chi connectivity index (χ2v) is 6.30. The summed E-state index contributed by atoms with van der Waals surface area (Å²) in [5.74, 6) is -2.51. The van der Waals surface area contributed by atoms with Crippen LogP contribution in [0.3, 0.4) is 0 Å². The summed E-state index contributed by atoms with van der Waals surface area (Å²) in [6.45, 7) is 3.10. The molecule has 10 heteroatoms. The Kier molecular flexibility index (Phi) is 6.05. The number of esters is 1. The van der Waals surface area contributed by atoms with Crippen molar-refractivity contribution in [3.05, 3.63) is 51.0 Å². The van der Waals surface area contributed by atoms with Gasteiger partial charge in [-0.25, -0.2) is 4.79 Å². The Labute approximate surface area is 161 Å². The molecule has 0 fully saturated rings. The molecule has 0 amide bonds. The number of nitrogens with two attached hydrogens (primary N) is 1. The lowest BCUT2D eigenvalue weighted by Crippen LogP contribution is -2.25. The number of alkyl halides is 3. The van der Waals surface area contributed by atoms with Crippen LogP contribution in [0.25, 0.3) is 0 Å². The van der Waals surface area contributed by atoms with Crippen LogP contribution in [0, 0.1) is 11.3 Å². The van der Waals surface area contributed by atoms with E-state index >= 15 is 0 Å². The molecule has 1 aliphatic heterocycles. The van der Waals surface area contributed by atoms with Crippen LogP contribution in [0.4, 0.5) is 13.2 Å². The number of rotatable bonds is 4. The van der Waals surface area contributed by atoms with Gasteiger partial charge in [0, 0.05) is 4.47 Å². The van der Waals surface area contributed by atoms with Gasteiger partial charge in [-0.05, 0) is 37.6 Å². The van der Waals surface area contributed by atoms with Crippen molar-refractivity contribution in [2.24, 2.45) is 5.73 Å². The fourth-order valence-electron chi connectivity index (χ4n) is 2.63. The molecule has 1 unspecified atom stereocenters. The minimum absolute atomic E-state index is 0.0290. The van der Waals surface area contributed by atoms with E-state index in [-0.39, 0.29) is 39.4 Å². The molecule has 1 aromatic carbocycles. The lowest BCUT2D eigenvalue weighted by molar-refractivity contribution is -0.274. The number of ether oxygens (including phenoxy) is 3. The topological polar surface area (TPSA) is 94.6 Å². The molecule has 144 valence electrons. The zero-order valence-electron chi connectivity index (χ0n) is 14.2. The van der Waals surface area contributed by atoms with Gasteiger partial charge in [0.05, 0.1) is 18.1 Å². The maximum atomic E-state index is 12.6. The third-order valence-corrected chi connectivity index (χ3v) is 4.02. The molecule has 0 aliphatic carbocycles. The number of carbonyl (C=O) groups excluding carboxylic acids is 1. The lowest BCUT2D eigenvalue weighted by atomic mass is 9.83. The van der Waals surface area contributed by atoms with Crippen LogP contribution >= 0.6 is 15.9 Å². The van der Waals surface area contributed by atoms with E-state index in [1.165, 1.54) is 13.0 Å². The van der Waals surface area contributed by atoms with Crippen molar-refractivity contribution in [2.45, 2.75) is 26.1 Å². The highest BCUT2D eigenvalue weighted by atomic mass is 79.9. The number of nitrogens with zero attached hydrogens (tertiary/aromatic N) is 1. The highest BCUT2D eigenvalue weighted by Crippen LogP contribution is 2.42. The summed E-state index contributed by atoms with van der Waals surface area (Å²) in [4.78, 5) is 12.4. The van der Waals surface area contributed by atoms with Crippen molar-refractivity contribution in [3.8, 4) is 11.8 Å². The fourth-order valence-corrected chi connectivity index (χ4v) is 3.12. The van der Waals surface area contributed by atoms with Crippen LogP contribution < -0.4 is 10.5 Å².